The second-order valence-corrected chi connectivity index (χ2v) is 5.69. The summed E-state index contributed by atoms with van der Waals surface area (Å²) >= 11 is 0. The number of hydrogen-bond donors (Lipinski definition) is 1. The molecule has 0 aliphatic carbocycles. The maximum absolute atomic E-state index is 6.17. The van der Waals surface area contributed by atoms with Gasteiger partial charge >= 0.3 is 0 Å². The zero-order valence-electron chi connectivity index (χ0n) is 13.1. The highest BCUT2D eigenvalue weighted by Gasteiger charge is 2.18. The minimum absolute atomic E-state index is 0.277. The van der Waals surface area contributed by atoms with Crippen LogP contribution >= 0.6 is 0 Å². The standard InChI is InChI=1S/C16H23N3O/c1-9(2)15-14(17)16(19(6)18-15)20-13-8-10(3)7-11(4)12(13)5/h7-9H,17H2,1-6H3. The normalized spacial score (nSPS) is 11.2. The fourth-order valence-electron chi connectivity index (χ4n) is 2.30. The van der Waals surface area contributed by atoms with Crippen LogP contribution in [-0.2, 0) is 7.05 Å². The van der Waals surface area contributed by atoms with Crippen LogP contribution in [0.25, 0.3) is 0 Å². The first-order valence-electron chi connectivity index (χ1n) is 6.89. The van der Waals surface area contributed by atoms with Crippen LogP contribution in [0.15, 0.2) is 12.1 Å². The van der Waals surface area contributed by atoms with Gasteiger partial charge in [-0.05, 0) is 49.4 Å². The number of nitrogen functional groups attached to an aromatic ring is 1. The van der Waals surface area contributed by atoms with E-state index in [9.17, 15) is 0 Å². The number of nitrogens with two attached hydrogens (primary N) is 1. The third kappa shape index (κ3) is 2.50. The summed E-state index contributed by atoms with van der Waals surface area (Å²) in [6.45, 7) is 10.3. The number of aryl methyl sites for hydroxylation is 3. The molecule has 1 heterocycles. The highest BCUT2D eigenvalue weighted by Crippen LogP contribution is 2.35. The van der Waals surface area contributed by atoms with E-state index in [1.165, 1.54) is 11.1 Å². The molecule has 0 saturated carbocycles. The molecule has 2 N–H and O–H groups in total. The Labute approximate surface area is 120 Å². The minimum Gasteiger partial charge on any atom is -0.437 e. The molecule has 0 amide bonds. The number of rotatable bonds is 3. The van der Waals surface area contributed by atoms with Crippen molar-refractivity contribution in [3.05, 3.63) is 34.5 Å². The van der Waals surface area contributed by atoms with Crippen LogP contribution in [0.2, 0.25) is 0 Å². The fourth-order valence-corrected chi connectivity index (χ4v) is 2.30. The summed E-state index contributed by atoms with van der Waals surface area (Å²) in [5, 5.41) is 4.45. The van der Waals surface area contributed by atoms with Gasteiger partial charge in [0, 0.05) is 7.05 Å². The van der Waals surface area contributed by atoms with E-state index in [1.54, 1.807) is 4.68 Å². The molecule has 0 fully saturated rings. The molecule has 0 saturated heterocycles. The van der Waals surface area contributed by atoms with Crippen molar-refractivity contribution in [3.8, 4) is 11.6 Å². The molecule has 1 aromatic carbocycles. The lowest BCUT2D eigenvalue weighted by atomic mass is 10.1. The Morgan fingerprint density at radius 3 is 2.40 bits per heavy atom. The number of anilines is 1. The maximum atomic E-state index is 6.17. The van der Waals surface area contributed by atoms with Crippen LogP contribution in [0.5, 0.6) is 11.6 Å². The van der Waals surface area contributed by atoms with Gasteiger partial charge in [0.05, 0.1) is 5.69 Å². The highest BCUT2D eigenvalue weighted by atomic mass is 16.5. The van der Waals surface area contributed by atoms with Crippen LogP contribution in [0.4, 0.5) is 5.69 Å². The van der Waals surface area contributed by atoms with Crippen LogP contribution in [-0.4, -0.2) is 9.78 Å². The van der Waals surface area contributed by atoms with Gasteiger partial charge in [0.15, 0.2) is 0 Å². The molecule has 0 aliphatic rings. The molecule has 2 rings (SSSR count). The number of ether oxygens (including phenoxy) is 1. The van der Waals surface area contributed by atoms with Crippen molar-refractivity contribution < 1.29 is 4.74 Å². The van der Waals surface area contributed by atoms with Gasteiger partial charge in [-0.15, -0.1) is 0 Å². The molecular weight excluding hydrogens is 250 g/mol. The van der Waals surface area contributed by atoms with Crippen molar-refractivity contribution in [2.45, 2.75) is 40.5 Å². The lowest BCUT2D eigenvalue weighted by Gasteiger charge is -2.12. The number of hydrogen-bond acceptors (Lipinski definition) is 3. The first-order chi connectivity index (χ1) is 9.31. The third-order valence-corrected chi connectivity index (χ3v) is 3.58. The number of aromatic nitrogens is 2. The smallest absolute Gasteiger partial charge is 0.241 e. The minimum atomic E-state index is 0.277. The van der Waals surface area contributed by atoms with Crippen molar-refractivity contribution in [3.63, 3.8) is 0 Å². The van der Waals surface area contributed by atoms with E-state index < -0.39 is 0 Å². The van der Waals surface area contributed by atoms with E-state index in [-0.39, 0.29) is 5.92 Å². The van der Waals surface area contributed by atoms with Crippen molar-refractivity contribution in [1.29, 1.82) is 0 Å². The molecular formula is C16H23N3O. The summed E-state index contributed by atoms with van der Waals surface area (Å²) in [6, 6.07) is 4.18. The number of nitrogens with zero attached hydrogens (tertiary/aromatic N) is 2. The van der Waals surface area contributed by atoms with Crippen molar-refractivity contribution in [1.82, 2.24) is 9.78 Å². The Morgan fingerprint density at radius 1 is 1.20 bits per heavy atom. The lowest BCUT2D eigenvalue weighted by molar-refractivity contribution is 0.429. The van der Waals surface area contributed by atoms with Crippen molar-refractivity contribution in [2.24, 2.45) is 7.05 Å². The maximum Gasteiger partial charge on any atom is 0.241 e. The molecule has 0 spiro atoms. The Bertz CT molecular complexity index is 642. The zero-order chi connectivity index (χ0) is 15.0. The SMILES string of the molecule is Cc1cc(C)c(C)c(Oc2c(N)c(C(C)C)nn2C)c1. The van der Waals surface area contributed by atoms with E-state index in [2.05, 4.69) is 45.8 Å². The second-order valence-electron chi connectivity index (χ2n) is 5.69. The Morgan fingerprint density at radius 2 is 1.85 bits per heavy atom. The third-order valence-electron chi connectivity index (χ3n) is 3.58. The second kappa shape index (κ2) is 5.19. The average molecular weight is 273 g/mol. The van der Waals surface area contributed by atoms with Gasteiger partial charge in [0.1, 0.15) is 11.4 Å². The van der Waals surface area contributed by atoms with E-state index in [4.69, 9.17) is 10.5 Å². The Hall–Kier alpha value is -1.97. The summed E-state index contributed by atoms with van der Waals surface area (Å²) in [6.07, 6.45) is 0. The molecule has 108 valence electrons. The van der Waals surface area contributed by atoms with Crippen LogP contribution in [0.3, 0.4) is 0 Å². The van der Waals surface area contributed by atoms with Crippen LogP contribution in [0.1, 0.15) is 42.1 Å². The quantitative estimate of drug-likeness (QED) is 0.924. The Kier molecular flexibility index (Phi) is 3.75. The van der Waals surface area contributed by atoms with Gasteiger partial charge in [-0.25, -0.2) is 4.68 Å². The molecule has 20 heavy (non-hydrogen) atoms. The Balaban J connectivity index is 2.45. The summed E-state index contributed by atoms with van der Waals surface area (Å²) < 4.78 is 7.75. The topological polar surface area (TPSA) is 53.1 Å². The molecule has 0 atom stereocenters. The molecule has 0 radical (unpaired) electrons. The van der Waals surface area contributed by atoms with Gasteiger partial charge in [0.25, 0.3) is 0 Å². The summed E-state index contributed by atoms with van der Waals surface area (Å²) in [4.78, 5) is 0. The molecule has 0 bridgehead atoms. The van der Waals surface area contributed by atoms with Gasteiger partial charge in [-0.3, -0.25) is 0 Å². The van der Waals surface area contributed by atoms with Crippen LogP contribution < -0.4 is 10.5 Å². The molecule has 4 nitrogen and oxygen atoms in total. The van der Waals surface area contributed by atoms with E-state index in [1.807, 2.05) is 13.1 Å². The van der Waals surface area contributed by atoms with Gasteiger partial charge in [-0.1, -0.05) is 19.9 Å². The van der Waals surface area contributed by atoms with Crippen LogP contribution in [0, 0.1) is 20.8 Å². The van der Waals surface area contributed by atoms with Crippen molar-refractivity contribution >= 4 is 5.69 Å². The van der Waals surface area contributed by atoms with Gasteiger partial charge in [-0.2, -0.15) is 5.10 Å². The first kappa shape index (κ1) is 14.4. The summed E-state index contributed by atoms with van der Waals surface area (Å²) in [5.74, 6) is 1.73. The predicted octanol–water partition coefficient (Wildman–Crippen LogP) is 3.84. The summed E-state index contributed by atoms with van der Waals surface area (Å²) in [7, 11) is 1.86. The van der Waals surface area contributed by atoms with E-state index in [0.717, 1.165) is 17.0 Å². The molecule has 0 unspecified atom stereocenters. The van der Waals surface area contributed by atoms with Gasteiger partial charge < -0.3 is 10.5 Å². The molecule has 4 heteroatoms. The lowest BCUT2D eigenvalue weighted by Crippen LogP contribution is -1.99. The molecule has 0 aliphatic heterocycles. The fraction of sp³-hybridized carbons (Fsp3) is 0.438. The zero-order valence-corrected chi connectivity index (χ0v) is 13.1. The van der Waals surface area contributed by atoms with E-state index in [0.29, 0.717) is 11.6 Å². The molecule has 1 aromatic heterocycles. The monoisotopic (exact) mass is 273 g/mol. The average Bonchev–Trinajstić information content (AvgIpc) is 2.63. The highest BCUT2D eigenvalue weighted by molar-refractivity contribution is 5.56. The molecule has 2 aromatic rings. The first-order valence-corrected chi connectivity index (χ1v) is 6.89. The summed E-state index contributed by atoms with van der Waals surface area (Å²) in [5.41, 5.74) is 11.2. The predicted molar refractivity (Wildman–Crippen MR) is 82.4 cm³/mol. The number of benzene rings is 1. The van der Waals surface area contributed by atoms with Gasteiger partial charge in [0.2, 0.25) is 5.88 Å². The largest absolute Gasteiger partial charge is 0.437 e. The van der Waals surface area contributed by atoms with Crippen molar-refractivity contribution in [2.75, 3.05) is 5.73 Å². The van der Waals surface area contributed by atoms with E-state index >= 15 is 0 Å².